The zero-order chi connectivity index (χ0) is 12.1. The molecule has 1 saturated carbocycles. The third-order valence-electron chi connectivity index (χ3n) is 3.91. The first-order chi connectivity index (χ1) is 7.50. The third-order valence-corrected chi connectivity index (χ3v) is 3.91. The van der Waals surface area contributed by atoms with Gasteiger partial charge in [0.15, 0.2) is 0 Å². The monoisotopic (exact) mass is 223 g/mol. The van der Waals surface area contributed by atoms with E-state index in [0.717, 1.165) is 30.3 Å². The van der Waals surface area contributed by atoms with Crippen molar-refractivity contribution in [1.82, 2.24) is 5.32 Å². The van der Waals surface area contributed by atoms with E-state index in [9.17, 15) is 0 Å². The van der Waals surface area contributed by atoms with Crippen LogP contribution in [0.2, 0.25) is 0 Å². The lowest BCUT2D eigenvalue weighted by molar-refractivity contribution is 0.173. The second kappa shape index (κ2) is 6.44. The zero-order valence-corrected chi connectivity index (χ0v) is 11.7. The maximum absolute atomic E-state index is 3.74. The van der Waals surface area contributed by atoms with Gasteiger partial charge in [0.2, 0.25) is 0 Å². The highest BCUT2D eigenvalue weighted by Crippen LogP contribution is 2.33. The van der Waals surface area contributed by atoms with E-state index in [1.54, 1.807) is 0 Å². The van der Waals surface area contributed by atoms with Gasteiger partial charge in [-0.25, -0.2) is 0 Å². The molecule has 0 aliphatic heterocycles. The van der Waals surface area contributed by atoms with Gasteiger partial charge in [-0.15, -0.1) is 0 Å². The predicted molar refractivity (Wildman–Crippen MR) is 72.6 cm³/mol. The van der Waals surface area contributed by atoms with E-state index in [1.165, 1.54) is 24.8 Å². The molecule has 0 aromatic heterocycles. The van der Waals surface area contributed by atoms with Gasteiger partial charge in [-0.05, 0) is 44.4 Å². The lowest BCUT2D eigenvalue weighted by Gasteiger charge is -2.37. The van der Waals surface area contributed by atoms with Crippen LogP contribution in [0.5, 0.6) is 0 Å². The second-order valence-electron chi connectivity index (χ2n) is 6.12. The molecule has 0 saturated heterocycles. The molecule has 0 heterocycles. The minimum atomic E-state index is 0.736. The van der Waals surface area contributed by atoms with Crippen molar-refractivity contribution in [1.29, 1.82) is 0 Å². The topological polar surface area (TPSA) is 12.0 Å². The van der Waals surface area contributed by atoms with Gasteiger partial charge in [0, 0.05) is 12.6 Å². The molecule has 94 valence electrons. The molecule has 16 heavy (non-hydrogen) atoms. The van der Waals surface area contributed by atoms with Crippen molar-refractivity contribution in [2.24, 2.45) is 17.8 Å². The van der Waals surface area contributed by atoms with Crippen LogP contribution in [0.3, 0.4) is 0 Å². The molecular formula is C15H29N. The molecule has 1 rings (SSSR count). The molecule has 0 spiro atoms. The van der Waals surface area contributed by atoms with E-state index in [0.29, 0.717) is 0 Å². The molecule has 1 aliphatic carbocycles. The van der Waals surface area contributed by atoms with Gasteiger partial charge in [0.1, 0.15) is 0 Å². The van der Waals surface area contributed by atoms with Gasteiger partial charge >= 0.3 is 0 Å². The molecule has 3 atom stereocenters. The summed E-state index contributed by atoms with van der Waals surface area (Å²) in [6, 6.07) is 0.736. The maximum atomic E-state index is 3.74. The van der Waals surface area contributed by atoms with Crippen molar-refractivity contribution in [3.05, 3.63) is 11.6 Å². The molecule has 0 amide bonds. The molecule has 0 aromatic carbocycles. The van der Waals surface area contributed by atoms with Crippen molar-refractivity contribution >= 4 is 0 Å². The summed E-state index contributed by atoms with van der Waals surface area (Å²) < 4.78 is 0. The van der Waals surface area contributed by atoms with Crippen molar-refractivity contribution in [3.8, 4) is 0 Å². The molecule has 1 nitrogen and oxygen atoms in total. The minimum absolute atomic E-state index is 0.736. The van der Waals surface area contributed by atoms with E-state index in [-0.39, 0.29) is 0 Å². The number of hydrogen-bond acceptors (Lipinski definition) is 1. The quantitative estimate of drug-likeness (QED) is 0.710. The van der Waals surface area contributed by atoms with Gasteiger partial charge in [0.25, 0.3) is 0 Å². The van der Waals surface area contributed by atoms with Crippen LogP contribution in [-0.2, 0) is 0 Å². The summed E-state index contributed by atoms with van der Waals surface area (Å²) in [6.45, 7) is 12.5. The Hall–Kier alpha value is -0.300. The van der Waals surface area contributed by atoms with E-state index in [2.05, 4.69) is 46.0 Å². The predicted octanol–water partition coefficient (Wildman–Crippen LogP) is 4.00. The van der Waals surface area contributed by atoms with Crippen LogP contribution in [0, 0.1) is 17.8 Å². The molecular weight excluding hydrogens is 194 g/mol. The van der Waals surface area contributed by atoms with Crippen molar-refractivity contribution in [2.45, 2.75) is 59.9 Å². The summed E-state index contributed by atoms with van der Waals surface area (Å²) in [6.07, 6.45) is 6.49. The number of allylic oxidation sites excluding steroid dienone is 1. The number of hydrogen-bond donors (Lipinski definition) is 1. The highest BCUT2D eigenvalue weighted by Gasteiger charge is 2.29. The molecule has 0 bridgehead atoms. The molecule has 1 heteroatoms. The van der Waals surface area contributed by atoms with Crippen LogP contribution in [0.1, 0.15) is 53.9 Å². The molecule has 1 aliphatic rings. The number of nitrogens with one attached hydrogen (secondary N) is 1. The van der Waals surface area contributed by atoms with Gasteiger partial charge in [-0.2, -0.15) is 0 Å². The molecule has 1 N–H and O–H groups in total. The van der Waals surface area contributed by atoms with Gasteiger partial charge in [0.05, 0.1) is 0 Å². The first kappa shape index (κ1) is 13.8. The Morgan fingerprint density at radius 2 is 2.00 bits per heavy atom. The Morgan fingerprint density at radius 1 is 1.31 bits per heavy atom. The minimum Gasteiger partial charge on any atom is -0.310 e. The van der Waals surface area contributed by atoms with Crippen LogP contribution in [-0.4, -0.2) is 12.6 Å². The van der Waals surface area contributed by atoms with Gasteiger partial charge in [-0.3, -0.25) is 0 Å². The standard InChI is InChI=1S/C15H29N/c1-11(2)8-9-16-15-10-13(5)6-7-14(15)12(3)4/h8,12-16H,6-7,9-10H2,1-5H3. The summed E-state index contributed by atoms with van der Waals surface area (Å²) in [5.41, 5.74) is 1.41. The Labute approximate surface area is 102 Å². The maximum Gasteiger partial charge on any atom is 0.0140 e. The fraction of sp³-hybridized carbons (Fsp3) is 0.867. The Kier molecular flexibility index (Phi) is 5.54. The lowest BCUT2D eigenvalue weighted by Crippen LogP contribution is -2.42. The summed E-state index contributed by atoms with van der Waals surface area (Å²) >= 11 is 0. The first-order valence-electron chi connectivity index (χ1n) is 6.87. The average molecular weight is 223 g/mol. The second-order valence-corrected chi connectivity index (χ2v) is 6.12. The van der Waals surface area contributed by atoms with Crippen LogP contribution in [0.15, 0.2) is 11.6 Å². The fourth-order valence-electron chi connectivity index (χ4n) is 2.85. The highest BCUT2D eigenvalue weighted by atomic mass is 14.9. The number of rotatable bonds is 4. The molecule has 0 radical (unpaired) electrons. The Balaban J connectivity index is 2.48. The Morgan fingerprint density at radius 3 is 2.56 bits per heavy atom. The first-order valence-corrected chi connectivity index (χ1v) is 6.87. The van der Waals surface area contributed by atoms with Crippen molar-refractivity contribution in [3.63, 3.8) is 0 Å². The van der Waals surface area contributed by atoms with Crippen LogP contribution >= 0.6 is 0 Å². The normalized spacial score (nSPS) is 30.5. The molecule has 3 unspecified atom stereocenters. The SMILES string of the molecule is CC(C)=CCNC1CC(C)CCC1C(C)C. The summed E-state index contributed by atoms with van der Waals surface area (Å²) in [5.74, 6) is 2.60. The average Bonchev–Trinajstić information content (AvgIpc) is 2.16. The van der Waals surface area contributed by atoms with E-state index in [4.69, 9.17) is 0 Å². The summed E-state index contributed by atoms with van der Waals surface area (Å²) in [4.78, 5) is 0. The molecule has 0 aromatic rings. The fourth-order valence-corrected chi connectivity index (χ4v) is 2.85. The van der Waals surface area contributed by atoms with E-state index in [1.807, 2.05) is 0 Å². The third kappa shape index (κ3) is 4.29. The van der Waals surface area contributed by atoms with Gasteiger partial charge in [-0.1, -0.05) is 38.8 Å². The molecule has 1 fully saturated rings. The highest BCUT2D eigenvalue weighted by molar-refractivity contribution is 4.96. The summed E-state index contributed by atoms with van der Waals surface area (Å²) in [7, 11) is 0. The largest absolute Gasteiger partial charge is 0.310 e. The van der Waals surface area contributed by atoms with Crippen LogP contribution < -0.4 is 5.32 Å². The van der Waals surface area contributed by atoms with Crippen molar-refractivity contribution < 1.29 is 0 Å². The van der Waals surface area contributed by atoms with Crippen molar-refractivity contribution in [2.75, 3.05) is 6.54 Å². The van der Waals surface area contributed by atoms with E-state index < -0.39 is 0 Å². The lowest BCUT2D eigenvalue weighted by atomic mass is 9.74. The van der Waals surface area contributed by atoms with Crippen LogP contribution in [0.4, 0.5) is 0 Å². The van der Waals surface area contributed by atoms with Crippen LogP contribution in [0.25, 0.3) is 0 Å². The van der Waals surface area contributed by atoms with E-state index >= 15 is 0 Å². The Bertz CT molecular complexity index is 226. The zero-order valence-electron chi connectivity index (χ0n) is 11.7. The van der Waals surface area contributed by atoms with Gasteiger partial charge < -0.3 is 5.32 Å². The smallest absolute Gasteiger partial charge is 0.0140 e. The summed E-state index contributed by atoms with van der Waals surface area (Å²) in [5, 5.41) is 3.74.